The number of halogens is 2. The Morgan fingerprint density at radius 2 is 2.21 bits per heavy atom. The van der Waals surface area contributed by atoms with Gasteiger partial charge in [-0.05, 0) is 29.7 Å². The number of aryl methyl sites for hydroxylation is 1. The van der Waals surface area contributed by atoms with Crippen molar-refractivity contribution in [2.75, 3.05) is 26.7 Å². The van der Waals surface area contributed by atoms with Gasteiger partial charge in [-0.3, -0.25) is 19.2 Å². The van der Waals surface area contributed by atoms with E-state index in [-0.39, 0.29) is 23.3 Å². The van der Waals surface area contributed by atoms with Gasteiger partial charge in [0.05, 0.1) is 23.7 Å². The van der Waals surface area contributed by atoms with Gasteiger partial charge in [-0.25, -0.2) is 4.39 Å². The third-order valence-corrected chi connectivity index (χ3v) is 5.41. The molecule has 1 aromatic heterocycles. The lowest BCUT2D eigenvalue weighted by Crippen LogP contribution is -2.56. The van der Waals surface area contributed by atoms with Crippen molar-refractivity contribution in [2.24, 2.45) is 7.05 Å². The van der Waals surface area contributed by atoms with Crippen LogP contribution in [0.1, 0.15) is 17.5 Å². The number of hydrogen-bond acceptors (Lipinski definition) is 4. The van der Waals surface area contributed by atoms with Crippen molar-refractivity contribution in [1.82, 2.24) is 24.9 Å². The Hall–Kier alpha value is -2.45. The molecule has 2 amide bonds. The minimum Gasteiger partial charge on any atom is -0.353 e. The number of benzene rings is 1. The third-order valence-electron chi connectivity index (χ3n) is 5.10. The lowest BCUT2D eigenvalue weighted by atomic mass is 10.1. The summed E-state index contributed by atoms with van der Waals surface area (Å²) in [4.78, 5) is 28.7. The second kappa shape index (κ2) is 9.37. The number of carbonyl (C=O) groups excluding carboxylic acids is 2. The van der Waals surface area contributed by atoms with Gasteiger partial charge in [0.25, 0.3) is 0 Å². The first-order chi connectivity index (χ1) is 13.8. The smallest absolute Gasteiger partial charge is 0.237 e. The summed E-state index contributed by atoms with van der Waals surface area (Å²) in [5.74, 6) is -0.781. The molecule has 7 nitrogen and oxygen atoms in total. The average molecular weight is 422 g/mol. The fourth-order valence-electron chi connectivity index (χ4n) is 3.39. The Balaban J connectivity index is 1.61. The van der Waals surface area contributed by atoms with Gasteiger partial charge in [0.1, 0.15) is 5.82 Å². The number of nitrogens with zero attached hydrogens (tertiary/aromatic N) is 4. The molecule has 29 heavy (non-hydrogen) atoms. The van der Waals surface area contributed by atoms with E-state index in [1.165, 1.54) is 12.1 Å². The zero-order valence-electron chi connectivity index (χ0n) is 16.6. The second-order valence-corrected chi connectivity index (χ2v) is 7.72. The lowest BCUT2D eigenvalue weighted by molar-refractivity contribution is -0.138. The van der Waals surface area contributed by atoms with E-state index in [4.69, 9.17) is 11.6 Å². The van der Waals surface area contributed by atoms with Gasteiger partial charge in [0, 0.05) is 46.5 Å². The summed E-state index contributed by atoms with van der Waals surface area (Å²) in [6.07, 6.45) is 4.46. The van der Waals surface area contributed by atoms with Gasteiger partial charge in [-0.15, -0.1) is 0 Å². The van der Waals surface area contributed by atoms with Crippen molar-refractivity contribution in [2.45, 2.75) is 25.4 Å². The highest BCUT2D eigenvalue weighted by molar-refractivity contribution is 6.30. The van der Waals surface area contributed by atoms with E-state index in [0.717, 1.165) is 5.56 Å². The molecule has 0 unspecified atom stereocenters. The quantitative estimate of drug-likeness (QED) is 0.737. The van der Waals surface area contributed by atoms with Crippen LogP contribution in [0, 0.1) is 5.82 Å². The second-order valence-electron chi connectivity index (χ2n) is 7.32. The molecule has 2 heterocycles. The number of hydrogen-bond donors (Lipinski definition) is 1. The van der Waals surface area contributed by atoms with Gasteiger partial charge in [-0.1, -0.05) is 17.7 Å². The predicted molar refractivity (Wildman–Crippen MR) is 108 cm³/mol. The molecular weight excluding hydrogens is 397 g/mol. The molecule has 1 aliphatic rings. The van der Waals surface area contributed by atoms with Crippen LogP contribution >= 0.6 is 11.6 Å². The van der Waals surface area contributed by atoms with Gasteiger partial charge in [0.15, 0.2) is 0 Å². The summed E-state index contributed by atoms with van der Waals surface area (Å²) < 4.78 is 15.5. The van der Waals surface area contributed by atoms with Crippen LogP contribution in [-0.4, -0.2) is 64.1 Å². The standard InChI is InChI=1S/C20H25ClFN5O2/c1-25(7-5-15-11-24-26(2)12-15)19(28)10-18-20(29)23-6-8-27(18)13-14-3-4-16(21)17(22)9-14/h3-4,9,11-12,18H,5-8,10,13H2,1-2H3,(H,23,29)/t18-/m1/s1. The van der Waals surface area contributed by atoms with E-state index in [2.05, 4.69) is 10.4 Å². The summed E-state index contributed by atoms with van der Waals surface area (Å²) in [6.45, 7) is 2.00. The topological polar surface area (TPSA) is 70.5 Å². The highest BCUT2D eigenvalue weighted by atomic mass is 35.5. The molecule has 1 aliphatic heterocycles. The molecule has 0 aliphatic carbocycles. The molecule has 3 rings (SSSR count). The normalized spacial score (nSPS) is 17.2. The summed E-state index contributed by atoms with van der Waals surface area (Å²) >= 11 is 5.75. The molecule has 0 bridgehead atoms. The Morgan fingerprint density at radius 1 is 1.41 bits per heavy atom. The van der Waals surface area contributed by atoms with Crippen molar-refractivity contribution in [3.8, 4) is 0 Å². The fourth-order valence-corrected chi connectivity index (χ4v) is 3.51. The van der Waals surface area contributed by atoms with Crippen molar-refractivity contribution in [1.29, 1.82) is 0 Å². The van der Waals surface area contributed by atoms with Crippen LogP contribution in [0.5, 0.6) is 0 Å². The Labute approximate surface area is 174 Å². The van der Waals surface area contributed by atoms with Crippen LogP contribution < -0.4 is 5.32 Å². The molecule has 0 spiro atoms. The first kappa shape index (κ1) is 21.3. The van der Waals surface area contributed by atoms with E-state index < -0.39 is 11.9 Å². The number of rotatable bonds is 7. The van der Waals surface area contributed by atoms with Crippen LogP contribution in [0.15, 0.2) is 30.6 Å². The molecule has 1 saturated heterocycles. The molecule has 0 saturated carbocycles. The summed E-state index contributed by atoms with van der Waals surface area (Å²) in [5, 5.41) is 7.00. The first-order valence-electron chi connectivity index (χ1n) is 9.50. The van der Waals surface area contributed by atoms with E-state index in [1.807, 2.05) is 18.1 Å². The van der Waals surface area contributed by atoms with E-state index in [1.54, 1.807) is 28.9 Å². The number of nitrogens with one attached hydrogen (secondary N) is 1. The number of piperazine rings is 1. The van der Waals surface area contributed by atoms with Gasteiger partial charge in [0.2, 0.25) is 11.8 Å². The molecule has 1 aromatic carbocycles. The SMILES string of the molecule is CN(CCc1cnn(C)c1)C(=O)C[C@@H]1C(=O)NCCN1Cc1ccc(Cl)c(F)c1. The molecular formula is C20H25ClFN5O2. The van der Waals surface area contributed by atoms with E-state index in [9.17, 15) is 14.0 Å². The molecule has 9 heteroatoms. The maximum atomic E-state index is 13.8. The molecule has 1 N–H and O–H groups in total. The Bertz CT molecular complexity index is 888. The minimum atomic E-state index is -0.587. The third kappa shape index (κ3) is 5.55. The number of carbonyl (C=O) groups is 2. The summed E-state index contributed by atoms with van der Waals surface area (Å²) in [6, 6.07) is 4.02. The summed E-state index contributed by atoms with van der Waals surface area (Å²) in [5.41, 5.74) is 1.76. The molecule has 1 atom stereocenters. The van der Waals surface area contributed by atoms with Crippen LogP contribution in [-0.2, 0) is 29.6 Å². The van der Waals surface area contributed by atoms with E-state index >= 15 is 0 Å². The van der Waals surface area contributed by atoms with Crippen molar-refractivity contribution >= 4 is 23.4 Å². The number of aromatic nitrogens is 2. The van der Waals surface area contributed by atoms with Gasteiger partial charge < -0.3 is 10.2 Å². The van der Waals surface area contributed by atoms with Crippen molar-refractivity contribution in [3.63, 3.8) is 0 Å². The molecule has 1 fully saturated rings. The Kier molecular flexibility index (Phi) is 6.87. The minimum absolute atomic E-state index is 0.0621. The average Bonchev–Trinajstić information content (AvgIpc) is 3.10. The highest BCUT2D eigenvalue weighted by Crippen LogP contribution is 2.19. The van der Waals surface area contributed by atoms with Crippen LogP contribution in [0.4, 0.5) is 4.39 Å². The van der Waals surface area contributed by atoms with Gasteiger partial charge >= 0.3 is 0 Å². The van der Waals surface area contributed by atoms with Crippen molar-refractivity contribution < 1.29 is 14.0 Å². The molecule has 2 aromatic rings. The zero-order chi connectivity index (χ0) is 21.0. The highest BCUT2D eigenvalue weighted by Gasteiger charge is 2.32. The zero-order valence-corrected chi connectivity index (χ0v) is 17.3. The largest absolute Gasteiger partial charge is 0.353 e. The molecule has 0 radical (unpaired) electrons. The first-order valence-corrected chi connectivity index (χ1v) is 9.88. The fraction of sp³-hybridized carbons (Fsp3) is 0.450. The van der Waals surface area contributed by atoms with E-state index in [0.29, 0.717) is 38.2 Å². The van der Waals surface area contributed by atoms with Crippen molar-refractivity contribution in [3.05, 3.63) is 52.6 Å². The van der Waals surface area contributed by atoms with Gasteiger partial charge in [-0.2, -0.15) is 5.10 Å². The van der Waals surface area contributed by atoms with Crippen LogP contribution in [0.3, 0.4) is 0 Å². The number of likely N-dealkylation sites (N-methyl/N-ethyl adjacent to an activating group) is 1. The lowest BCUT2D eigenvalue weighted by Gasteiger charge is -2.35. The van der Waals surface area contributed by atoms with Crippen LogP contribution in [0.25, 0.3) is 0 Å². The number of amides is 2. The maximum absolute atomic E-state index is 13.8. The monoisotopic (exact) mass is 421 g/mol. The predicted octanol–water partition coefficient (Wildman–Crippen LogP) is 1.60. The maximum Gasteiger partial charge on any atom is 0.237 e. The van der Waals surface area contributed by atoms with Crippen LogP contribution in [0.2, 0.25) is 5.02 Å². The Morgan fingerprint density at radius 3 is 2.90 bits per heavy atom. The summed E-state index contributed by atoms with van der Waals surface area (Å²) in [7, 11) is 3.58. The molecule has 156 valence electrons.